The van der Waals surface area contributed by atoms with Gasteiger partial charge in [-0.3, -0.25) is 9.10 Å². The van der Waals surface area contributed by atoms with Crippen molar-refractivity contribution in [2.75, 3.05) is 24.2 Å². The number of hydrogen-bond acceptors (Lipinski definition) is 4. The van der Waals surface area contributed by atoms with E-state index < -0.39 is 10.0 Å². The lowest BCUT2D eigenvalue weighted by atomic mass is 9.93. The average molecular weight is 431 g/mol. The summed E-state index contributed by atoms with van der Waals surface area (Å²) in [4.78, 5) is 12.7. The predicted octanol–water partition coefficient (Wildman–Crippen LogP) is 4.26. The molecule has 1 aromatic heterocycles. The van der Waals surface area contributed by atoms with Gasteiger partial charge >= 0.3 is 0 Å². The van der Waals surface area contributed by atoms with Crippen molar-refractivity contribution < 1.29 is 22.0 Å². The summed E-state index contributed by atoms with van der Waals surface area (Å²) in [6, 6.07) is 9.27. The van der Waals surface area contributed by atoms with E-state index in [0.29, 0.717) is 40.1 Å². The van der Waals surface area contributed by atoms with E-state index in [9.17, 15) is 17.6 Å². The molecule has 30 heavy (non-hydrogen) atoms. The van der Waals surface area contributed by atoms with Crippen LogP contribution in [-0.4, -0.2) is 34.2 Å². The summed E-state index contributed by atoms with van der Waals surface area (Å²) >= 11 is 0. The van der Waals surface area contributed by atoms with Crippen LogP contribution in [0.5, 0.6) is 0 Å². The number of fused-ring (bicyclic) bond motifs is 2. The van der Waals surface area contributed by atoms with E-state index in [1.54, 1.807) is 18.2 Å². The lowest BCUT2D eigenvalue weighted by Crippen LogP contribution is -2.30. The summed E-state index contributed by atoms with van der Waals surface area (Å²) in [6.45, 7) is 2.45. The molecule has 4 rings (SSSR count). The van der Waals surface area contributed by atoms with Gasteiger partial charge in [-0.1, -0.05) is 6.92 Å². The monoisotopic (exact) mass is 430 g/mol. The number of carbonyl (C=O) groups excluding carboxylic acids is 1. The van der Waals surface area contributed by atoms with Crippen molar-refractivity contribution in [2.24, 2.45) is 0 Å². The molecule has 158 valence electrons. The van der Waals surface area contributed by atoms with Crippen LogP contribution in [0.4, 0.5) is 10.1 Å². The van der Waals surface area contributed by atoms with E-state index in [1.807, 2.05) is 6.07 Å². The van der Waals surface area contributed by atoms with Crippen LogP contribution in [0.15, 0.2) is 40.8 Å². The number of halogens is 1. The largest absolute Gasteiger partial charge is 0.455 e. The normalized spacial score (nSPS) is 16.9. The molecule has 0 saturated carbocycles. The molecule has 2 aromatic carbocycles. The maximum atomic E-state index is 13.4. The fourth-order valence-electron chi connectivity index (χ4n) is 4.08. The molecular formula is C22H23FN2O4S. The van der Waals surface area contributed by atoms with Crippen molar-refractivity contribution in [3.63, 3.8) is 0 Å². The van der Waals surface area contributed by atoms with Crippen LogP contribution in [0.25, 0.3) is 22.3 Å². The molecule has 6 nitrogen and oxygen atoms in total. The third kappa shape index (κ3) is 3.45. The van der Waals surface area contributed by atoms with Crippen molar-refractivity contribution in [3.8, 4) is 11.3 Å². The minimum Gasteiger partial charge on any atom is -0.455 e. The molecule has 1 unspecified atom stereocenters. The molecule has 1 atom stereocenters. The Kier molecular flexibility index (Phi) is 5.05. The molecule has 3 aromatic rings. The van der Waals surface area contributed by atoms with Crippen molar-refractivity contribution in [3.05, 3.63) is 53.3 Å². The molecule has 2 heterocycles. The third-order valence-corrected chi connectivity index (χ3v) is 6.78. The Morgan fingerprint density at radius 2 is 1.93 bits per heavy atom. The van der Waals surface area contributed by atoms with E-state index in [-0.39, 0.29) is 17.6 Å². The smallest absolute Gasteiger partial charge is 0.255 e. The Morgan fingerprint density at radius 1 is 1.23 bits per heavy atom. The molecule has 0 bridgehead atoms. The van der Waals surface area contributed by atoms with E-state index in [0.717, 1.165) is 18.4 Å². The molecule has 1 aliphatic rings. The minimum atomic E-state index is -3.47. The van der Waals surface area contributed by atoms with Gasteiger partial charge in [-0.15, -0.1) is 0 Å². The number of hydrogen-bond donors (Lipinski definition) is 1. The van der Waals surface area contributed by atoms with Crippen molar-refractivity contribution in [2.45, 2.75) is 25.7 Å². The second-order valence-corrected chi connectivity index (χ2v) is 9.58. The van der Waals surface area contributed by atoms with Crippen molar-refractivity contribution in [1.29, 1.82) is 0 Å². The van der Waals surface area contributed by atoms with Gasteiger partial charge in [0.25, 0.3) is 5.91 Å². The Bertz CT molecular complexity index is 1230. The van der Waals surface area contributed by atoms with E-state index in [2.05, 4.69) is 12.2 Å². The zero-order valence-electron chi connectivity index (χ0n) is 17.0. The minimum absolute atomic E-state index is 0.123. The maximum absolute atomic E-state index is 13.4. The average Bonchev–Trinajstić information content (AvgIpc) is 2.98. The molecule has 8 heteroatoms. The number of furan rings is 1. The quantitative estimate of drug-likeness (QED) is 0.673. The zero-order valence-corrected chi connectivity index (χ0v) is 17.8. The SMILES string of the molecule is CNC(=O)c1c(-c2ccc(F)cc2)oc2cc3c(cc12)C(C)CCCN3S(C)(=O)=O. The third-order valence-electron chi connectivity index (χ3n) is 5.60. The highest BCUT2D eigenvalue weighted by Gasteiger charge is 2.29. The zero-order chi connectivity index (χ0) is 21.6. The number of sulfonamides is 1. The van der Waals surface area contributed by atoms with Crippen molar-refractivity contribution >= 4 is 32.6 Å². The number of amides is 1. The molecule has 1 amide bonds. The topological polar surface area (TPSA) is 79.6 Å². The summed E-state index contributed by atoms with van der Waals surface area (Å²) in [5.41, 5.74) is 2.77. The first-order chi connectivity index (χ1) is 14.2. The fourth-order valence-corrected chi connectivity index (χ4v) is 5.05. The van der Waals surface area contributed by atoms with Crippen LogP contribution in [0.3, 0.4) is 0 Å². The predicted molar refractivity (Wildman–Crippen MR) is 115 cm³/mol. The Morgan fingerprint density at radius 3 is 2.57 bits per heavy atom. The molecule has 0 spiro atoms. The summed E-state index contributed by atoms with van der Waals surface area (Å²) < 4.78 is 45.7. The second-order valence-electron chi connectivity index (χ2n) is 7.68. The summed E-state index contributed by atoms with van der Waals surface area (Å²) in [5.74, 6) is -0.268. The number of rotatable bonds is 3. The first-order valence-corrected chi connectivity index (χ1v) is 11.6. The van der Waals surface area contributed by atoms with Crippen LogP contribution in [-0.2, 0) is 10.0 Å². The lowest BCUT2D eigenvalue weighted by molar-refractivity contribution is 0.0964. The summed E-state index contributed by atoms with van der Waals surface area (Å²) in [6.07, 6.45) is 2.77. The molecule has 1 aliphatic heterocycles. The van der Waals surface area contributed by atoms with Crippen LogP contribution >= 0.6 is 0 Å². The Balaban J connectivity index is 2.03. The van der Waals surface area contributed by atoms with Gasteiger partial charge < -0.3 is 9.73 Å². The van der Waals surface area contributed by atoms with Gasteiger partial charge in [-0.2, -0.15) is 0 Å². The molecule has 0 radical (unpaired) electrons. The summed E-state index contributed by atoms with van der Waals surface area (Å²) in [7, 11) is -1.93. The highest BCUT2D eigenvalue weighted by Crippen LogP contribution is 2.42. The Hall–Kier alpha value is -2.87. The van der Waals surface area contributed by atoms with Gasteiger partial charge in [0, 0.05) is 30.6 Å². The van der Waals surface area contributed by atoms with E-state index in [1.165, 1.54) is 29.7 Å². The number of nitrogens with zero attached hydrogens (tertiary/aromatic N) is 1. The number of benzene rings is 2. The second kappa shape index (κ2) is 7.43. The van der Waals surface area contributed by atoms with Crippen molar-refractivity contribution in [1.82, 2.24) is 5.32 Å². The molecule has 1 N–H and O–H groups in total. The van der Waals surface area contributed by atoms with Crippen LogP contribution < -0.4 is 9.62 Å². The van der Waals surface area contributed by atoms with E-state index in [4.69, 9.17) is 4.42 Å². The molecule has 0 aliphatic carbocycles. The fraction of sp³-hybridized carbons (Fsp3) is 0.318. The van der Waals surface area contributed by atoms with Gasteiger partial charge in [0.05, 0.1) is 17.5 Å². The van der Waals surface area contributed by atoms with Gasteiger partial charge in [0.1, 0.15) is 17.2 Å². The maximum Gasteiger partial charge on any atom is 0.255 e. The number of anilines is 1. The number of nitrogens with one attached hydrogen (secondary N) is 1. The van der Waals surface area contributed by atoms with E-state index >= 15 is 0 Å². The Labute approximate surface area is 174 Å². The highest BCUT2D eigenvalue weighted by atomic mass is 32.2. The highest BCUT2D eigenvalue weighted by molar-refractivity contribution is 7.92. The lowest BCUT2D eigenvalue weighted by Gasteiger charge is -2.23. The van der Waals surface area contributed by atoms with Gasteiger partial charge in [0.2, 0.25) is 10.0 Å². The van der Waals surface area contributed by atoms with Crippen LogP contribution in [0.2, 0.25) is 0 Å². The van der Waals surface area contributed by atoms with Crippen LogP contribution in [0, 0.1) is 5.82 Å². The molecular weight excluding hydrogens is 407 g/mol. The van der Waals surface area contributed by atoms with Crippen LogP contribution in [0.1, 0.15) is 41.6 Å². The number of carbonyl (C=O) groups is 1. The van der Waals surface area contributed by atoms with Gasteiger partial charge in [0.15, 0.2) is 0 Å². The standard InChI is InChI=1S/C22H23FN2O4S/c1-13-5-4-10-25(30(3,27)28)18-12-19-17(11-16(13)18)20(22(26)24-2)21(29-19)14-6-8-15(23)9-7-14/h6-9,11-13H,4-5,10H2,1-3H3,(H,24,26). The molecule has 0 saturated heterocycles. The van der Waals surface area contributed by atoms with Gasteiger partial charge in [-0.05, 0) is 54.7 Å². The van der Waals surface area contributed by atoms with Gasteiger partial charge in [-0.25, -0.2) is 12.8 Å². The first kappa shape index (κ1) is 20.4. The first-order valence-electron chi connectivity index (χ1n) is 9.77. The summed E-state index contributed by atoms with van der Waals surface area (Å²) in [5, 5.41) is 3.24. The molecule has 0 fully saturated rings.